The van der Waals surface area contributed by atoms with Crippen LogP contribution in [0.5, 0.6) is 0 Å². The second kappa shape index (κ2) is 5.57. The smallest absolute Gasteiger partial charge is 0.251 e. The van der Waals surface area contributed by atoms with Crippen molar-refractivity contribution in [1.29, 1.82) is 0 Å². The molecular weight excluding hydrogens is 300 g/mol. The zero-order valence-corrected chi connectivity index (χ0v) is 13.7. The SMILES string of the molecule is Cc1cc(C(=O)N[C@H]2C[C@H]3CC[C@@H]2C3)ccc1NS(C)(=O)=O. The third-order valence-corrected chi connectivity index (χ3v) is 5.43. The van der Waals surface area contributed by atoms with Gasteiger partial charge in [-0.1, -0.05) is 6.42 Å². The number of rotatable bonds is 4. The lowest BCUT2D eigenvalue weighted by atomic mass is 9.95. The average Bonchev–Trinajstić information content (AvgIpc) is 3.02. The highest BCUT2D eigenvalue weighted by Gasteiger charge is 2.40. The molecule has 0 aromatic heterocycles. The van der Waals surface area contributed by atoms with Crippen molar-refractivity contribution in [2.75, 3.05) is 11.0 Å². The Kier molecular flexibility index (Phi) is 3.89. The Morgan fingerprint density at radius 1 is 1.23 bits per heavy atom. The van der Waals surface area contributed by atoms with Gasteiger partial charge in [-0.2, -0.15) is 0 Å². The molecule has 0 saturated heterocycles. The van der Waals surface area contributed by atoms with Crippen LogP contribution in [0.3, 0.4) is 0 Å². The maximum Gasteiger partial charge on any atom is 0.251 e. The second-order valence-electron chi connectivity index (χ2n) is 6.66. The minimum absolute atomic E-state index is 0.0634. The molecule has 2 fully saturated rings. The predicted octanol–water partition coefficient (Wildman–Crippen LogP) is 2.28. The molecule has 6 heteroatoms. The molecule has 1 aromatic carbocycles. The van der Waals surface area contributed by atoms with Gasteiger partial charge in [-0.15, -0.1) is 0 Å². The molecule has 0 radical (unpaired) electrons. The van der Waals surface area contributed by atoms with E-state index in [2.05, 4.69) is 10.0 Å². The lowest BCUT2D eigenvalue weighted by molar-refractivity contribution is 0.0923. The maximum atomic E-state index is 12.4. The van der Waals surface area contributed by atoms with E-state index in [0.29, 0.717) is 23.2 Å². The molecule has 3 atom stereocenters. The van der Waals surface area contributed by atoms with Gasteiger partial charge in [0.15, 0.2) is 0 Å². The molecule has 3 rings (SSSR count). The number of carbonyl (C=O) groups is 1. The Labute approximate surface area is 131 Å². The zero-order chi connectivity index (χ0) is 15.9. The molecule has 22 heavy (non-hydrogen) atoms. The van der Waals surface area contributed by atoms with Crippen molar-refractivity contribution in [2.45, 2.75) is 38.6 Å². The first-order valence-electron chi connectivity index (χ1n) is 7.71. The Hall–Kier alpha value is -1.56. The number of hydrogen-bond donors (Lipinski definition) is 2. The summed E-state index contributed by atoms with van der Waals surface area (Å²) in [6.45, 7) is 1.79. The fraction of sp³-hybridized carbons (Fsp3) is 0.562. The predicted molar refractivity (Wildman–Crippen MR) is 86.3 cm³/mol. The molecule has 120 valence electrons. The van der Waals surface area contributed by atoms with E-state index >= 15 is 0 Å². The van der Waals surface area contributed by atoms with Crippen LogP contribution in [0.1, 0.15) is 41.6 Å². The fourth-order valence-electron chi connectivity index (χ4n) is 3.79. The van der Waals surface area contributed by atoms with Crippen LogP contribution < -0.4 is 10.0 Å². The molecule has 0 heterocycles. The Morgan fingerprint density at radius 3 is 2.55 bits per heavy atom. The summed E-state index contributed by atoms with van der Waals surface area (Å²) in [7, 11) is -3.31. The van der Waals surface area contributed by atoms with Crippen LogP contribution in [0.2, 0.25) is 0 Å². The van der Waals surface area contributed by atoms with Gasteiger partial charge in [0.2, 0.25) is 10.0 Å². The first-order valence-corrected chi connectivity index (χ1v) is 9.60. The van der Waals surface area contributed by atoms with Crippen molar-refractivity contribution >= 4 is 21.6 Å². The van der Waals surface area contributed by atoms with Gasteiger partial charge in [0.1, 0.15) is 0 Å². The monoisotopic (exact) mass is 322 g/mol. The number of anilines is 1. The van der Waals surface area contributed by atoms with E-state index in [-0.39, 0.29) is 5.91 Å². The number of fused-ring (bicyclic) bond motifs is 2. The normalized spacial score (nSPS) is 26.9. The van der Waals surface area contributed by atoms with Crippen molar-refractivity contribution in [3.8, 4) is 0 Å². The summed E-state index contributed by atoms with van der Waals surface area (Å²) in [5.74, 6) is 1.37. The van der Waals surface area contributed by atoms with Crippen LogP contribution in [-0.4, -0.2) is 26.6 Å². The van der Waals surface area contributed by atoms with Gasteiger partial charge >= 0.3 is 0 Å². The Morgan fingerprint density at radius 2 is 2.00 bits per heavy atom. The van der Waals surface area contributed by atoms with E-state index in [1.54, 1.807) is 25.1 Å². The fourth-order valence-corrected chi connectivity index (χ4v) is 4.42. The van der Waals surface area contributed by atoms with Crippen molar-refractivity contribution < 1.29 is 13.2 Å². The largest absolute Gasteiger partial charge is 0.349 e. The van der Waals surface area contributed by atoms with Crippen LogP contribution in [-0.2, 0) is 10.0 Å². The molecule has 0 aliphatic heterocycles. The summed E-state index contributed by atoms with van der Waals surface area (Å²) in [6, 6.07) is 5.35. The maximum absolute atomic E-state index is 12.4. The number of sulfonamides is 1. The van der Waals surface area contributed by atoms with Crippen molar-refractivity contribution in [3.05, 3.63) is 29.3 Å². The summed E-state index contributed by atoms with van der Waals surface area (Å²) >= 11 is 0. The Bertz CT molecular complexity index is 699. The minimum atomic E-state index is -3.31. The van der Waals surface area contributed by atoms with Gasteiger partial charge in [0.25, 0.3) is 5.91 Å². The quantitative estimate of drug-likeness (QED) is 0.893. The number of hydrogen-bond acceptors (Lipinski definition) is 3. The van der Waals surface area contributed by atoms with E-state index in [1.165, 1.54) is 19.3 Å². The van der Waals surface area contributed by atoms with Gasteiger partial charge in [0.05, 0.1) is 11.9 Å². The molecule has 2 N–H and O–H groups in total. The third-order valence-electron chi connectivity index (χ3n) is 4.84. The molecule has 2 aliphatic rings. The molecule has 2 aliphatic carbocycles. The molecule has 5 nitrogen and oxygen atoms in total. The summed E-state index contributed by atoms with van der Waals surface area (Å²) in [5.41, 5.74) is 1.84. The van der Waals surface area contributed by atoms with Crippen molar-refractivity contribution in [3.63, 3.8) is 0 Å². The number of benzene rings is 1. The highest BCUT2D eigenvalue weighted by atomic mass is 32.2. The molecule has 1 amide bonds. The number of nitrogens with one attached hydrogen (secondary N) is 2. The van der Waals surface area contributed by atoms with E-state index in [0.717, 1.165) is 24.2 Å². The van der Waals surface area contributed by atoms with Gasteiger partial charge in [-0.05, 0) is 61.8 Å². The first-order chi connectivity index (χ1) is 10.3. The lowest BCUT2D eigenvalue weighted by Crippen LogP contribution is -2.38. The molecular formula is C16H22N2O3S. The standard InChI is InChI=1S/C16H22N2O3S/c1-10-7-13(5-6-14(10)18-22(2,20)21)16(19)17-15-9-11-3-4-12(15)8-11/h5-7,11-12,15,18H,3-4,8-9H2,1-2H3,(H,17,19)/t11-,12+,15-/m0/s1. The number of aryl methyl sites for hydroxylation is 1. The molecule has 0 spiro atoms. The highest BCUT2D eigenvalue weighted by molar-refractivity contribution is 7.92. The molecule has 2 saturated carbocycles. The summed E-state index contributed by atoms with van der Waals surface area (Å²) in [5, 5.41) is 3.14. The van der Waals surface area contributed by atoms with Gasteiger partial charge in [-0.25, -0.2) is 8.42 Å². The summed E-state index contributed by atoms with van der Waals surface area (Å²) in [6.07, 6.45) is 6.00. The number of amides is 1. The average molecular weight is 322 g/mol. The topological polar surface area (TPSA) is 75.3 Å². The van der Waals surface area contributed by atoms with E-state index in [1.807, 2.05) is 0 Å². The second-order valence-corrected chi connectivity index (χ2v) is 8.41. The molecule has 0 unspecified atom stereocenters. The zero-order valence-electron chi connectivity index (χ0n) is 12.9. The van der Waals surface area contributed by atoms with Crippen LogP contribution in [0.15, 0.2) is 18.2 Å². The van der Waals surface area contributed by atoms with Crippen LogP contribution in [0, 0.1) is 18.8 Å². The summed E-state index contributed by atoms with van der Waals surface area (Å²) in [4.78, 5) is 12.4. The summed E-state index contributed by atoms with van der Waals surface area (Å²) < 4.78 is 25.0. The lowest BCUT2D eigenvalue weighted by Gasteiger charge is -2.23. The van der Waals surface area contributed by atoms with Crippen LogP contribution in [0.4, 0.5) is 5.69 Å². The molecule has 1 aromatic rings. The van der Waals surface area contributed by atoms with E-state index in [9.17, 15) is 13.2 Å². The van der Waals surface area contributed by atoms with Gasteiger partial charge in [0, 0.05) is 11.6 Å². The van der Waals surface area contributed by atoms with Crippen LogP contribution >= 0.6 is 0 Å². The van der Waals surface area contributed by atoms with Gasteiger partial charge < -0.3 is 5.32 Å². The third kappa shape index (κ3) is 3.27. The Balaban J connectivity index is 1.69. The highest BCUT2D eigenvalue weighted by Crippen LogP contribution is 2.44. The van der Waals surface area contributed by atoms with Crippen molar-refractivity contribution in [2.24, 2.45) is 11.8 Å². The first kappa shape index (κ1) is 15.3. The van der Waals surface area contributed by atoms with Crippen LogP contribution in [0.25, 0.3) is 0 Å². The number of carbonyl (C=O) groups excluding carboxylic acids is 1. The minimum Gasteiger partial charge on any atom is -0.349 e. The molecule has 2 bridgehead atoms. The van der Waals surface area contributed by atoms with Gasteiger partial charge in [-0.3, -0.25) is 9.52 Å². The van der Waals surface area contributed by atoms with Crippen molar-refractivity contribution in [1.82, 2.24) is 5.32 Å². The van der Waals surface area contributed by atoms with E-state index in [4.69, 9.17) is 0 Å². The van der Waals surface area contributed by atoms with E-state index < -0.39 is 10.0 Å².